The van der Waals surface area contributed by atoms with Crippen LogP contribution >= 0.6 is 0 Å². The van der Waals surface area contributed by atoms with Gasteiger partial charge < -0.3 is 10.7 Å². The van der Waals surface area contributed by atoms with Crippen LogP contribution in [0.5, 0.6) is 0 Å². The second-order valence-electron chi connectivity index (χ2n) is 5.75. The number of aromatic nitrogens is 4. The van der Waals surface area contributed by atoms with Gasteiger partial charge in [0, 0.05) is 6.20 Å². The first kappa shape index (κ1) is 14.6. The van der Waals surface area contributed by atoms with Crippen LogP contribution in [0.2, 0.25) is 0 Å². The number of aryl methyl sites for hydroxylation is 1. The molecule has 0 aliphatic carbocycles. The number of fused-ring (bicyclic) bond motifs is 3. The van der Waals surface area contributed by atoms with Crippen LogP contribution in [0.4, 0.5) is 0 Å². The van der Waals surface area contributed by atoms with Crippen LogP contribution in [-0.4, -0.2) is 26.5 Å². The molecular formula is C18H17N5O. The molecule has 0 aliphatic rings. The van der Waals surface area contributed by atoms with Crippen molar-refractivity contribution < 1.29 is 0 Å². The summed E-state index contributed by atoms with van der Waals surface area (Å²) in [6, 6.07) is 10.00. The first-order chi connectivity index (χ1) is 11.8. The second-order valence-corrected chi connectivity index (χ2v) is 5.75. The first-order valence-electron chi connectivity index (χ1n) is 7.92. The van der Waals surface area contributed by atoms with Crippen molar-refractivity contribution in [2.24, 2.45) is 5.73 Å². The van der Waals surface area contributed by atoms with Crippen molar-refractivity contribution in [2.75, 3.05) is 6.54 Å². The largest absolute Gasteiger partial charge is 0.330 e. The van der Waals surface area contributed by atoms with Gasteiger partial charge in [-0.25, -0.2) is 0 Å². The Morgan fingerprint density at radius 2 is 1.92 bits per heavy atom. The molecule has 24 heavy (non-hydrogen) atoms. The number of H-pyrrole nitrogens is 1. The molecule has 0 saturated heterocycles. The molecule has 0 radical (unpaired) electrons. The van der Waals surface area contributed by atoms with E-state index < -0.39 is 0 Å². The summed E-state index contributed by atoms with van der Waals surface area (Å²) < 4.78 is 0. The molecule has 2 heterocycles. The van der Waals surface area contributed by atoms with E-state index in [1.54, 1.807) is 23.4 Å². The van der Waals surface area contributed by atoms with Crippen molar-refractivity contribution in [3.8, 4) is 5.69 Å². The van der Waals surface area contributed by atoms with Gasteiger partial charge in [0.15, 0.2) is 0 Å². The standard InChI is InChI=1S/C18H17N5O/c19-6-1-2-12-10-13-5-7-20-18(24)17(13)16-11-14(3-4-15(12)16)23-21-8-9-22-23/h3-5,7-11H,1-2,6,19H2,(H,20,24). The summed E-state index contributed by atoms with van der Waals surface area (Å²) in [6.45, 7) is 0.643. The van der Waals surface area contributed by atoms with Gasteiger partial charge in [-0.2, -0.15) is 15.0 Å². The predicted octanol–water partition coefficient (Wildman–Crippen LogP) is 2.15. The van der Waals surface area contributed by atoms with Gasteiger partial charge in [-0.3, -0.25) is 4.79 Å². The summed E-state index contributed by atoms with van der Waals surface area (Å²) in [4.78, 5) is 16.7. The lowest BCUT2D eigenvalue weighted by molar-refractivity contribution is 0.753. The van der Waals surface area contributed by atoms with Crippen molar-refractivity contribution in [2.45, 2.75) is 12.8 Å². The molecule has 6 nitrogen and oxygen atoms in total. The Hall–Kier alpha value is -2.99. The summed E-state index contributed by atoms with van der Waals surface area (Å²) in [6.07, 6.45) is 6.74. The maximum absolute atomic E-state index is 12.4. The van der Waals surface area contributed by atoms with Gasteiger partial charge in [-0.1, -0.05) is 12.1 Å². The van der Waals surface area contributed by atoms with Crippen molar-refractivity contribution >= 4 is 21.5 Å². The van der Waals surface area contributed by atoms with Gasteiger partial charge in [0.2, 0.25) is 0 Å². The van der Waals surface area contributed by atoms with E-state index in [-0.39, 0.29) is 5.56 Å². The van der Waals surface area contributed by atoms with Crippen LogP contribution in [0.25, 0.3) is 27.2 Å². The molecule has 2 aromatic carbocycles. The second kappa shape index (κ2) is 5.90. The number of rotatable bonds is 4. The zero-order valence-corrected chi connectivity index (χ0v) is 13.1. The average Bonchev–Trinajstić information content (AvgIpc) is 3.13. The zero-order valence-electron chi connectivity index (χ0n) is 13.1. The van der Waals surface area contributed by atoms with Gasteiger partial charge in [-0.15, -0.1) is 0 Å². The van der Waals surface area contributed by atoms with E-state index in [4.69, 9.17) is 5.73 Å². The highest BCUT2D eigenvalue weighted by molar-refractivity contribution is 6.09. The molecule has 3 N–H and O–H groups in total. The van der Waals surface area contributed by atoms with E-state index in [0.29, 0.717) is 11.9 Å². The van der Waals surface area contributed by atoms with E-state index in [2.05, 4.69) is 21.2 Å². The minimum atomic E-state index is -0.0894. The van der Waals surface area contributed by atoms with E-state index in [9.17, 15) is 4.79 Å². The number of nitrogens with two attached hydrogens (primary N) is 1. The highest BCUT2D eigenvalue weighted by Crippen LogP contribution is 2.29. The molecule has 6 heteroatoms. The van der Waals surface area contributed by atoms with Gasteiger partial charge >= 0.3 is 0 Å². The molecule has 0 aliphatic heterocycles. The fraction of sp³-hybridized carbons (Fsp3) is 0.167. The fourth-order valence-electron chi connectivity index (χ4n) is 3.15. The van der Waals surface area contributed by atoms with Crippen LogP contribution in [0.1, 0.15) is 12.0 Å². The maximum atomic E-state index is 12.4. The van der Waals surface area contributed by atoms with Gasteiger partial charge in [-0.05, 0) is 59.3 Å². The average molecular weight is 319 g/mol. The van der Waals surface area contributed by atoms with Crippen LogP contribution in [-0.2, 0) is 6.42 Å². The highest BCUT2D eigenvalue weighted by atomic mass is 16.1. The maximum Gasteiger partial charge on any atom is 0.256 e. The normalized spacial score (nSPS) is 11.4. The monoisotopic (exact) mass is 319 g/mol. The molecule has 0 spiro atoms. The van der Waals surface area contributed by atoms with Crippen LogP contribution in [0, 0.1) is 0 Å². The summed E-state index contributed by atoms with van der Waals surface area (Å²) in [5.41, 5.74) is 7.61. The third kappa shape index (κ3) is 2.37. The number of benzene rings is 2. The summed E-state index contributed by atoms with van der Waals surface area (Å²) in [5.74, 6) is 0. The lowest BCUT2D eigenvalue weighted by atomic mass is 9.95. The number of hydrogen-bond donors (Lipinski definition) is 2. The molecule has 0 amide bonds. The quantitative estimate of drug-likeness (QED) is 0.564. The molecule has 0 bridgehead atoms. The Morgan fingerprint density at radius 1 is 1.08 bits per heavy atom. The van der Waals surface area contributed by atoms with Crippen molar-refractivity contribution in [3.05, 3.63) is 64.8 Å². The van der Waals surface area contributed by atoms with Crippen LogP contribution < -0.4 is 11.3 Å². The highest BCUT2D eigenvalue weighted by Gasteiger charge is 2.11. The Bertz CT molecular complexity index is 1070. The number of nitrogens with one attached hydrogen (secondary N) is 1. The molecule has 0 unspecified atom stereocenters. The summed E-state index contributed by atoms with van der Waals surface area (Å²) in [5, 5.41) is 12.0. The lowest BCUT2D eigenvalue weighted by Crippen LogP contribution is -2.07. The Labute approximate surface area is 137 Å². The summed E-state index contributed by atoms with van der Waals surface area (Å²) >= 11 is 0. The molecule has 0 fully saturated rings. The molecule has 4 aromatic rings. The van der Waals surface area contributed by atoms with E-state index >= 15 is 0 Å². The molecule has 2 aromatic heterocycles. The number of pyridine rings is 1. The van der Waals surface area contributed by atoms with E-state index in [1.807, 2.05) is 24.3 Å². The van der Waals surface area contributed by atoms with Crippen molar-refractivity contribution in [1.29, 1.82) is 0 Å². The predicted molar refractivity (Wildman–Crippen MR) is 94.4 cm³/mol. The van der Waals surface area contributed by atoms with Gasteiger partial charge in [0.1, 0.15) is 0 Å². The van der Waals surface area contributed by atoms with Crippen LogP contribution in [0.15, 0.2) is 53.7 Å². The number of hydrogen-bond acceptors (Lipinski definition) is 4. The molecule has 0 saturated carbocycles. The van der Waals surface area contributed by atoms with E-state index in [0.717, 1.165) is 34.7 Å². The third-order valence-corrected chi connectivity index (χ3v) is 4.24. The van der Waals surface area contributed by atoms with Crippen LogP contribution in [0.3, 0.4) is 0 Å². The number of nitrogens with zero attached hydrogens (tertiary/aromatic N) is 3. The van der Waals surface area contributed by atoms with Gasteiger partial charge in [0.25, 0.3) is 5.56 Å². The molecule has 4 rings (SSSR count). The third-order valence-electron chi connectivity index (χ3n) is 4.24. The summed E-state index contributed by atoms with van der Waals surface area (Å²) in [7, 11) is 0. The minimum Gasteiger partial charge on any atom is -0.330 e. The Morgan fingerprint density at radius 3 is 2.71 bits per heavy atom. The molecular weight excluding hydrogens is 302 g/mol. The fourth-order valence-corrected chi connectivity index (χ4v) is 3.15. The Kier molecular flexibility index (Phi) is 3.59. The lowest BCUT2D eigenvalue weighted by Gasteiger charge is -2.11. The SMILES string of the molecule is NCCCc1cc2cc[nH]c(=O)c2c2cc(-n3nccn3)ccc12. The topological polar surface area (TPSA) is 89.6 Å². The first-order valence-corrected chi connectivity index (χ1v) is 7.92. The number of aromatic amines is 1. The minimum absolute atomic E-state index is 0.0894. The molecule has 120 valence electrons. The van der Waals surface area contributed by atoms with Gasteiger partial charge in [0.05, 0.1) is 23.5 Å². The van der Waals surface area contributed by atoms with Crippen molar-refractivity contribution in [3.63, 3.8) is 0 Å². The van der Waals surface area contributed by atoms with Crippen molar-refractivity contribution in [1.82, 2.24) is 20.0 Å². The Balaban J connectivity index is 2.06. The zero-order chi connectivity index (χ0) is 16.5. The molecule has 0 atom stereocenters. The van der Waals surface area contributed by atoms with E-state index in [1.165, 1.54) is 5.56 Å². The smallest absolute Gasteiger partial charge is 0.256 e.